The molecule has 5 nitrogen and oxygen atoms in total. The lowest BCUT2D eigenvalue weighted by molar-refractivity contribution is 0.0359. The Labute approximate surface area is 144 Å². The van der Waals surface area contributed by atoms with Crippen molar-refractivity contribution in [3.05, 3.63) is 60.2 Å². The summed E-state index contributed by atoms with van der Waals surface area (Å²) in [5.41, 5.74) is 2.51. The van der Waals surface area contributed by atoms with E-state index in [-0.39, 0.29) is 0 Å². The summed E-state index contributed by atoms with van der Waals surface area (Å²) in [6.45, 7) is 7.92. The summed E-state index contributed by atoms with van der Waals surface area (Å²) in [7, 11) is 0. The van der Waals surface area contributed by atoms with Crippen molar-refractivity contribution < 1.29 is 4.74 Å². The van der Waals surface area contributed by atoms with Gasteiger partial charge in [0.25, 0.3) is 0 Å². The van der Waals surface area contributed by atoms with Gasteiger partial charge in [0.15, 0.2) is 0 Å². The molecule has 0 aromatic carbocycles. The van der Waals surface area contributed by atoms with Gasteiger partial charge in [0.05, 0.1) is 13.2 Å². The molecule has 128 valence electrons. The zero-order valence-corrected chi connectivity index (χ0v) is 14.2. The Balaban J connectivity index is 1.54. The fraction of sp³-hybridized carbons (Fsp3) is 0.474. The van der Waals surface area contributed by atoms with E-state index < -0.39 is 0 Å². The van der Waals surface area contributed by atoms with Crippen LogP contribution in [0.3, 0.4) is 0 Å². The van der Waals surface area contributed by atoms with E-state index in [1.54, 1.807) is 0 Å². The average molecular weight is 326 g/mol. The highest BCUT2D eigenvalue weighted by molar-refractivity contribution is 5.11. The summed E-state index contributed by atoms with van der Waals surface area (Å²) in [4.78, 5) is 13.5. The fourth-order valence-corrected chi connectivity index (χ4v) is 3.06. The summed E-state index contributed by atoms with van der Waals surface area (Å²) in [5.74, 6) is 0. The van der Waals surface area contributed by atoms with Crippen molar-refractivity contribution in [2.45, 2.75) is 19.5 Å². The predicted octanol–water partition coefficient (Wildman–Crippen LogP) is 2.20. The Morgan fingerprint density at radius 1 is 0.958 bits per heavy atom. The molecule has 1 aliphatic heterocycles. The lowest BCUT2D eigenvalue weighted by atomic mass is 10.2. The first-order chi connectivity index (χ1) is 11.9. The number of aromatic nitrogens is 2. The second kappa shape index (κ2) is 9.47. The Morgan fingerprint density at radius 2 is 1.58 bits per heavy atom. The van der Waals surface area contributed by atoms with Crippen LogP contribution in [0.5, 0.6) is 0 Å². The first-order valence-corrected chi connectivity index (χ1v) is 8.70. The van der Waals surface area contributed by atoms with Crippen LogP contribution in [0.15, 0.2) is 49.1 Å². The zero-order chi connectivity index (χ0) is 16.5. The third-order valence-corrected chi connectivity index (χ3v) is 4.31. The van der Waals surface area contributed by atoms with E-state index in [1.165, 1.54) is 17.5 Å². The van der Waals surface area contributed by atoms with Crippen LogP contribution in [0.4, 0.5) is 0 Å². The van der Waals surface area contributed by atoms with Crippen molar-refractivity contribution in [1.29, 1.82) is 0 Å². The Kier molecular flexibility index (Phi) is 6.71. The summed E-state index contributed by atoms with van der Waals surface area (Å²) in [6, 6.07) is 8.30. The minimum absolute atomic E-state index is 0.870. The Hall–Kier alpha value is -1.82. The SMILES string of the molecule is c1cncc(CN(CCCN2CCOCC2)Cc2cccnc2)c1. The van der Waals surface area contributed by atoms with Gasteiger partial charge in [-0.15, -0.1) is 0 Å². The normalized spacial score (nSPS) is 15.7. The van der Waals surface area contributed by atoms with Gasteiger partial charge in [-0.1, -0.05) is 12.1 Å². The third kappa shape index (κ3) is 5.67. The number of morpholine rings is 1. The molecule has 1 fully saturated rings. The molecule has 0 amide bonds. The van der Waals surface area contributed by atoms with Gasteiger partial charge in [-0.2, -0.15) is 0 Å². The molecule has 5 heteroatoms. The number of ether oxygens (including phenoxy) is 1. The van der Waals surface area contributed by atoms with Crippen LogP contribution in [0.1, 0.15) is 17.5 Å². The van der Waals surface area contributed by atoms with E-state index in [2.05, 4.69) is 31.9 Å². The van der Waals surface area contributed by atoms with Crippen molar-refractivity contribution >= 4 is 0 Å². The van der Waals surface area contributed by atoms with E-state index in [0.29, 0.717) is 0 Å². The summed E-state index contributed by atoms with van der Waals surface area (Å²) in [5, 5.41) is 0. The summed E-state index contributed by atoms with van der Waals surface area (Å²) in [6.07, 6.45) is 8.73. The molecule has 0 aliphatic carbocycles. The lowest BCUT2D eigenvalue weighted by Gasteiger charge is -2.28. The van der Waals surface area contributed by atoms with Crippen LogP contribution in [-0.2, 0) is 17.8 Å². The second-order valence-electron chi connectivity index (χ2n) is 6.24. The third-order valence-electron chi connectivity index (χ3n) is 4.31. The molecular formula is C19H26N4O. The monoisotopic (exact) mass is 326 g/mol. The molecule has 3 rings (SSSR count). The van der Waals surface area contributed by atoms with Crippen molar-refractivity contribution in [2.75, 3.05) is 39.4 Å². The molecule has 0 N–H and O–H groups in total. The molecule has 1 aliphatic rings. The maximum absolute atomic E-state index is 5.42. The van der Waals surface area contributed by atoms with Crippen LogP contribution < -0.4 is 0 Å². The van der Waals surface area contributed by atoms with Crippen LogP contribution in [0.2, 0.25) is 0 Å². The smallest absolute Gasteiger partial charge is 0.0594 e. The molecular weight excluding hydrogens is 300 g/mol. The summed E-state index contributed by atoms with van der Waals surface area (Å²) < 4.78 is 5.42. The van der Waals surface area contributed by atoms with Crippen LogP contribution >= 0.6 is 0 Å². The van der Waals surface area contributed by atoms with E-state index >= 15 is 0 Å². The molecule has 3 heterocycles. The van der Waals surface area contributed by atoms with Gasteiger partial charge in [0.1, 0.15) is 0 Å². The second-order valence-corrected chi connectivity index (χ2v) is 6.24. The van der Waals surface area contributed by atoms with Crippen LogP contribution in [0, 0.1) is 0 Å². The first kappa shape index (κ1) is 17.0. The maximum Gasteiger partial charge on any atom is 0.0594 e. The van der Waals surface area contributed by atoms with E-state index in [0.717, 1.165) is 52.5 Å². The van der Waals surface area contributed by atoms with Crippen molar-refractivity contribution in [2.24, 2.45) is 0 Å². The molecule has 0 saturated carbocycles. The minimum atomic E-state index is 0.870. The van der Waals surface area contributed by atoms with Crippen molar-refractivity contribution in [3.63, 3.8) is 0 Å². The van der Waals surface area contributed by atoms with Gasteiger partial charge in [-0.25, -0.2) is 0 Å². The molecule has 0 spiro atoms. The van der Waals surface area contributed by atoms with Crippen LogP contribution in [-0.4, -0.2) is 59.2 Å². The number of rotatable bonds is 8. The maximum atomic E-state index is 5.42. The number of hydrogen-bond acceptors (Lipinski definition) is 5. The first-order valence-electron chi connectivity index (χ1n) is 8.70. The Bertz CT molecular complexity index is 531. The minimum Gasteiger partial charge on any atom is -0.379 e. The van der Waals surface area contributed by atoms with E-state index in [1.807, 2.05) is 36.9 Å². The zero-order valence-electron chi connectivity index (χ0n) is 14.2. The fourth-order valence-electron chi connectivity index (χ4n) is 3.06. The molecule has 0 radical (unpaired) electrons. The van der Waals surface area contributed by atoms with Crippen molar-refractivity contribution in [1.82, 2.24) is 19.8 Å². The molecule has 0 bridgehead atoms. The lowest BCUT2D eigenvalue weighted by Crippen LogP contribution is -2.38. The molecule has 1 saturated heterocycles. The van der Waals surface area contributed by atoms with Gasteiger partial charge in [-0.05, 0) is 36.2 Å². The van der Waals surface area contributed by atoms with Gasteiger partial charge in [-0.3, -0.25) is 19.8 Å². The molecule has 0 atom stereocenters. The molecule has 2 aromatic heterocycles. The van der Waals surface area contributed by atoms with Gasteiger partial charge in [0, 0.05) is 57.5 Å². The average Bonchev–Trinajstić information content (AvgIpc) is 2.64. The molecule has 2 aromatic rings. The summed E-state index contributed by atoms with van der Waals surface area (Å²) >= 11 is 0. The van der Waals surface area contributed by atoms with Gasteiger partial charge in [0.2, 0.25) is 0 Å². The molecule has 24 heavy (non-hydrogen) atoms. The Morgan fingerprint density at radius 3 is 2.12 bits per heavy atom. The number of nitrogens with zero attached hydrogens (tertiary/aromatic N) is 4. The largest absolute Gasteiger partial charge is 0.379 e. The highest BCUT2D eigenvalue weighted by Crippen LogP contribution is 2.10. The number of hydrogen-bond donors (Lipinski definition) is 0. The van der Waals surface area contributed by atoms with Gasteiger partial charge < -0.3 is 4.74 Å². The van der Waals surface area contributed by atoms with E-state index in [4.69, 9.17) is 4.74 Å². The van der Waals surface area contributed by atoms with E-state index in [9.17, 15) is 0 Å². The van der Waals surface area contributed by atoms with Crippen molar-refractivity contribution in [3.8, 4) is 0 Å². The highest BCUT2D eigenvalue weighted by atomic mass is 16.5. The standard InChI is InChI=1S/C19H26N4O/c1-4-18(14-20-6-1)16-23(17-19-5-2-7-21-15-19)9-3-8-22-10-12-24-13-11-22/h1-2,4-7,14-15H,3,8-13,16-17H2. The molecule has 0 unspecified atom stereocenters. The number of pyridine rings is 2. The van der Waals surface area contributed by atoms with Crippen LogP contribution in [0.25, 0.3) is 0 Å². The topological polar surface area (TPSA) is 41.5 Å². The quantitative estimate of drug-likeness (QED) is 0.744. The highest BCUT2D eigenvalue weighted by Gasteiger charge is 2.12. The van der Waals surface area contributed by atoms with Gasteiger partial charge >= 0.3 is 0 Å². The predicted molar refractivity (Wildman–Crippen MR) is 94.5 cm³/mol.